The molecule has 2 aromatic heterocycles. The van der Waals surface area contributed by atoms with Crippen LogP contribution in [0, 0.1) is 17.8 Å². The van der Waals surface area contributed by atoms with Crippen LogP contribution < -0.4 is 0 Å². The second-order valence-electron chi connectivity index (χ2n) is 16.9. The maximum atomic E-state index is 5.16. The van der Waals surface area contributed by atoms with Crippen molar-refractivity contribution in [2.45, 2.75) is 24.7 Å². The molecule has 2 heterocycles. The summed E-state index contributed by atoms with van der Waals surface area (Å²) in [6.07, 6.45) is 4.10. The average molecular weight is 785 g/mol. The van der Waals surface area contributed by atoms with Crippen molar-refractivity contribution >= 4 is 0 Å². The molecule has 3 fully saturated rings. The molecule has 0 saturated heterocycles. The topological polar surface area (TPSA) is 77.3 Å². The predicted octanol–water partition coefficient (Wildman–Crippen LogP) is 12.7. The van der Waals surface area contributed by atoms with E-state index in [1.165, 1.54) is 30.4 Å². The van der Waals surface area contributed by atoms with E-state index in [1.54, 1.807) is 0 Å². The summed E-state index contributed by atoms with van der Waals surface area (Å²) in [5.74, 6) is 6.68. The fourth-order valence-electron chi connectivity index (χ4n) is 10.4. The van der Waals surface area contributed by atoms with Gasteiger partial charge < -0.3 is 0 Å². The van der Waals surface area contributed by atoms with Crippen LogP contribution in [0.25, 0.3) is 90.6 Å². The molecule has 2 atom stereocenters. The molecule has 2 unspecified atom stereocenters. The lowest BCUT2D eigenvalue weighted by Gasteiger charge is -2.76. The maximum absolute atomic E-state index is 5.16. The molecule has 0 aliphatic heterocycles. The van der Waals surface area contributed by atoms with Gasteiger partial charge in [0.25, 0.3) is 0 Å². The van der Waals surface area contributed by atoms with Gasteiger partial charge in [-0.25, -0.2) is 29.9 Å². The Bertz CT molecular complexity index is 3050. The van der Waals surface area contributed by atoms with Crippen LogP contribution in [0.15, 0.2) is 188 Å². The second-order valence-corrected chi connectivity index (χ2v) is 16.9. The molecule has 9 aromatic rings. The van der Waals surface area contributed by atoms with Crippen LogP contribution in [0.1, 0.15) is 24.8 Å². The van der Waals surface area contributed by atoms with Crippen LogP contribution in [-0.4, -0.2) is 29.9 Å². The lowest BCUT2D eigenvalue weighted by molar-refractivity contribution is -0.219. The van der Waals surface area contributed by atoms with Gasteiger partial charge in [-0.15, -0.1) is 0 Å². The van der Waals surface area contributed by atoms with E-state index in [1.807, 2.05) is 54.6 Å². The summed E-state index contributed by atoms with van der Waals surface area (Å²) in [6, 6.07) is 65.1. The third kappa shape index (κ3) is 6.26. The molecule has 0 bridgehead atoms. The summed E-state index contributed by atoms with van der Waals surface area (Å²) >= 11 is 0. The molecular formula is C55H40N6. The lowest BCUT2D eigenvalue weighted by Crippen LogP contribution is -2.71. The zero-order chi connectivity index (χ0) is 40.3. The Balaban J connectivity index is 0.877. The summed E-state index contributed by atoms with van der Waals surface area (Å²) in [4.78, 5) is 30.2. The van der Waals surface area contributed by atoms with Gasteiger partial charge in [-0.3, -0.25) is 0 Å². The summed E-state index contributed by atoms with van der Waals surface area (Å²) in [5, 5.41) is 0. The van der Waals surface area contributed by atoms with Crippen molar-refractivity contribution in [2.24, 2.45) is 17.8 Å². The maximum Gasteiger partial charge on any atom is 0.164 e. The highest BCUT2D eigenvalue weighted by atomic mass is 15.0. The summed E-state index contributed by atoms with van der Waals surface area (Å²) in [6.45, 7) is 0. The molecule has 3 aliphatic carbocycles. The largest absolute Gasteiger partial charge is 0.208 e. The highest BCUT2D eigenvalue weighted by Gasteiger charge is 2.71. The Morgan fingerprint density at radius 1 is 0.295 bits per heavy atom. The highest BCUT2D eigenvalue weighted by molar-refractivity contribution is 5.75. The van der Waals surface area contributed by atoms with Crippen LogP contribution in [0.4, 0.5) is 0 Å². The van der Waals surface area contributed by atoms with Gasteiger partial charge in [0.1, 0.15) is 0 Å². The van der Waals surface area contributed by atoms with Crippen molar-refractivity contribution in [3.63, 3.8) is 0 Å². The van der Waals surface area contributed by atoms with Crippen LogP contribution >= 0.6 is 0 Å². The Morgan fingerprint density at radius 2 is 0.623 bits per heavy atom. The fourth-order valence-corrected chi connectivity index (χ4v) is 10.4. The normalized spacial score (nSPS) is 19.5. The zero-order valence-electron chi connectivity index (χ0n) is 33.4. The molecule has 0 amide bonds. The van der Waals surface area contributed by atoms with E-state index in [-0.39, 0.29) is 0 Å². The molecule has 61 heavy (non-hydrogen) atoms. The third-order valence-electron chi connectivity index (χ3n) is 13.4. The minimum absolute atomic E-state index is 0.372. The molecule has 12 rings (SSSR count). The number of hydrogen-bond donors (Lipinski definition) is 0. The van der Waals surface area contributed by atoms with Crippen molar-refractivity contribution in [1.29, 1.82) is 0 Å². The summed E-state index contributed by atoms with van der Waals surface area (Å²) in [5.41, 5.74) is 12.0. The van der Waals surface area contributed by atoms with Gasteiger partial charge in [0.05, 0.1) is 0 Å². The van der Waals surface area contributed by atoms with Crippen LogP contribution in [-0.2, 0) is 5.41 Å². The summed E-state index contributed by atoms with van der Waals surface area (Å²) < 4.78 is 0. The smallest absolute Gasteiger partial charge is 0.164 e. The molecule has 0 spiro atoms. The first kappa shape index (κ1) is 35.5. The Morgan fingerprint density at radius 3 is 1.08 bits per heavy atom. The molecule has 3 saturated carbocycles. The van der Waals surface area contributed by atoms with Gasteiger partial charge in [0.2, 0.25) is 0 Å². The zero-order valence-corrected chi connectivity index (χ0v) is 33.4. The SMILES string of the molecule is c1ccc(-c2ccc(-c3nc(-c4ccccc4)nc(-c4ccc(-c5cccc(-c6nc(-c7ccccc7)nc(-c7cccc(C89CC%10CC(C8)C%109)c7)n6)c5)cc4)n3)cc2)cc1. The third-order valence-corrected chi connectivity index (χ3v) is 13.4. The molecule has 6 nitrogen and oxygen atoms in total. The molecule has 7 aromatic carbocycles. The van der Waals surface area contributed by atoms with Gasteiger partial charge in [-0.2, -0.15) is 0 Å². The lowest BCUT2D eigenvalue weighted by atomic mass is 9.28. The first-order valence-electron chi connectivity index (χ1n) is 21.2. The van der Waals surface area contributed by atoms with E-state index >= 15 is 0 Å². The molecule has 6 heteroatoms. The van der Waals surface area contributed by atoms with E-state index < -0.39 is 0 Å². The van der Waals surface area contributed by atoms with Gasteiger partial charge in [-0.05, 0) is 82.4 Å². The van der Waals surface area contributed by atoms with Gasteiger partial charge in [-0.1, -0.05) is 176 Å². The average Bonchev–Trinajstić information content (AvgIpc) is 3.34. The van der Waals surface area contributed by atoms with Crippen LogP contribution in [0.3, 0.4) is 0 Å². The Labute approximate surface area is 355 Å². The molecule has 0 N–H and O–H groups in total. The van der Waals surface area contributed by atoms with E-state index in [9.17, 15) is 0 Å². The Kier molecular flexibility index (Phi) is 8.37. The van der Waals surface area contributed by atoms with Gasteiger partial charge in [0, 0.05) is 33.4 Å². The van der Waals surface area contributed by atoms with Crippen molar-refractivity contribution < 1.29 is 0 Å². The second kappa shape index (κ2) is 14.4. The standard InChI is InChI=1S/C55H40N6/c1-4-12-35(13-5-1)36-22-26-40(27-23-36)51-56-49(38-14-6-2-7-15-38)57-52(58-51)41-28-24-37(25-29-41)42-18-10-19-43(30-42)53-59-50(39-16-8-3-9-17-39)60-54(61-53)44-20-11-21-47(32-44)55-33-45-31-46(34-55)48(45)55/h1-30,32,45-46,48H,31,33-34H2. The highest BCUT2D eigenvalue weighted by Crippen LogP contribution is 2.77. The molecule has 0 radical (unpaired) electrons. The van der Waals surface area contributed by atoms with E-state index in [0.29, 0.717) is 40.4 Å². The molecule has 290 valence electrons. The van der Waals surface area contributed by atoms with Crippen LogP contribution in [0.5, 0.6) is 0 Å². The molecular weight excluding hydrogens is 745 g/mol. The van der Waals surface area contributed by atoms with E-state index in [4.69, 9.17) is 29.9 Å². The predicted molar refractivity (Wildman–Crippen MR) is 243 cm³/mol. The quantitative estimate of drug-likeness (QED) is 0.145. The Hall–Kier alpha value is -7.44. The first-order valence-corrected chi connectivity index (χ1v) is 21.2. The minimum Gasteiger partial charge on any atom is -0.208 e. The number of hydrogen-bond acceptors (Lipinski definition) is 6. The van der Waals surface area contributed by atoms with Crippen LogP contribution in [0.2, 0.25) is 0 Å². The van der Waals surface area contributed by atoms with Crippen molar-refractivity contribution in [2.75, 3.05) is 0 Å². The van der Waals surface area contributed by atoms with Crippen molar-refractivity contribution in [3.8, 4) is 90.6 Å². The number of rotatable bonds is 9. The van der Waals surface area contributed by atoms with Crippen molar-refractivity contribution in [3.05, 3.63) is 194 Å². The van der Waals surface area contributed by atoms with E-state index in [0.717, 1.165) is 67.8 Å². The monoisotopic (exact) mass is 784 g/mol. The van der Waals surface area contributed by atoms with Gasteiger partial charge in [0.15, 0.2) is 34.9 Å². The number of nitrogens with zero attached hydrogens (tertiary/aromatic N) is 6. The number of benzene rings is 7. The number of aromatic nitrogens is 6. The fraction of sp³-hybridized carbons (Fsp3) is 0.127. The molecule has 3 aliphatic rings. The summed E-state index contributed by atoms with van der Waals surface area (Å²) in [7, 11) is 0. The van der Waals surface area contributed by atoms with E-state index in [2.05, 4.69) is 133 Å². The van der Waals surface area contributed by atoms with Gasteiger partial charge >= 0.3 is 0 Å². The first-order chi connectivity index (χ1) is 30.1. The minimum atomic E-state index is 0.372. The van der Waals surface area contributed by atoms with Crippen molar-refractivity contribution in [1.82, 2.24) is 29.9 Å².